The molecule has 4 heterocycles. The first-order valence-corrected chi connectivity index (χ1v) is 11.3. The van der Waals surface area contributed by atoms with Gasteiger partial charge in [0, 0.05) is 53.3 Å². The lowest BCUT2D eigenvalue weighted by atomic mass is 10.1. The Bertz CT molecular complexity index is 1540. The van der Waals surface area contributed by atoms with Gasteiger partial charge in [0.2, 0.25) is 0 Å². The maximum atomic E-state index is 13.5. The first-order chi connectivity index (χ1) is 16.1. The van der Waals surface area contributed by atoms with E-state index in [9.17, 15) is 4.79 Å². The molecule has 0 aliphatic heterocycles. The van der Waals surface area contributed by atoms with E-state index < -0.39 is 0 Å². The Morgan fingerprint density at radius 3 is 2.76 bits per heavy atom. The van der Waals surface area contributed by atoms with Crippen LogP contribution in [0.3, 0.4) is 0 Å². The maximum Gasteiger partial charge on any atom is 0.198 e. The number of imidazole rings is 2. The van der Waals surface area contributed by atoms with E-state index in [0.717, 1.165) is 28.4 Å². The number of rotatable bonds is 5. The maximum absolute atomic E-state index is 13.5. The third-order valence-electron chi connectivity index (χ3n) is 6.24. The molecule has 0 bridgehead atoms. The molecule has 1 aromatic carbocycles. The van der Waals surface area contributed by atoms with Gasteiger partial charge >= 0.3 is 0 Å². The van der Waals surface area contributed by atoms with Crippen molar-refractivity contribution in [1.82, 2.24) is 29.1 Å². The predicted molar refractivity (Wildman–Crippen MR) is 129 cm³/mol. The summed E-state index contributed by atoms with van der Waals surface area (Å²) in [6.45, 7) is 4.21. The third-order valence-corrected chi connectivity index (χ3v) is 6.24. The predicted octanol–water partition coefficient (Wildman–Crippen LogP) is 5.10. The second-order valence-corrected chi connectivity index (χ2v) is 8.90. The number of nitrogens with zero attached hydrogens (tertiary/aromatic N) is 5. The molecule has 0 saturated heterocycles. The summed E-state index contributed by atoms with van der Waals surface area (Å²) in [4.78, 5) is 30.6. The van der Waals surface area contributed by atoms with Crippen molar-refractivity contribution in [2.45, 2.75) is 38.6 Å². The summed E-state index contributed by atoms with van der Waals surface area (Å²) in [6.07, 6.45) is 11.8. The highest BCUT2D eigenvalue weighted by molar-refractivity contribution is 5.84. The zero-order valence-electron chi connectivity index (χ0n) is 18.6. The Balaban J connectivity index is 1.43. The Kier molecular flexibility index (Phi) is 4.50. The molecule has 0 amide bonds. The number of benzene rings is 1. The second-order valence-electron chi connectivity index (χ2n) is 8.90. The van der Waals surface area contributed by atoms with E-state index >= 15 is 0 Å². The molecule has 33 heavy (non-hydrogen) atoms. The standard InChI is InChI=1S/C26H24N6O/c1-16(2)32-11-10-27-26(32)23-5-3-4-22(30-23)20-13-28-21-9-8-18(12-19(21)25(20)33)31-14-24(29-15-31)17-6-7-17/h3-5,8-17H,6-7H2,1-2H3,(H,28,33). The SMILES string of the molecule is CC(C)n1ccnc1-c1cccc(-c2c[nH]c3ccc(-n4cnc(C5CC5)c4)cc3c2=O)n1. The van der Waals surface area contributed by atoms with Gasteiger partial charge in [0.05, 0.1) is 23.3 Å². The van der Waals surface area contributed by atoms with Gasteiger partial charge in [-0.2, -0.15) is 0 Å². The molecular weight excluding hydrogens is 412 g/mol. The average molecular weight is 437 g/mol. The van der Waals surface area contributed by atoms with Gasteiger partial charge in [-0.3, -0.25) is 4.79 Å². The summed E-state index contributed by atoms with van der Waals surface area (Å²) in [5, 5.41) is 0.627. The van der Waals surface area contributed by atoms with Gasteiger partial charge in [-0.25, -0.2) is 15.0 Å². The topological polar surface area (TPSA) is 81.4 Å². The lowest BCUT2D eigenvalue weighted by Crippen LogP contribution is -2.09. The van der Waals surface area contributed by atoms with Crippen LogP contribution >= 0.6 is 0 Å². The molecule has 0 unspecified atom stereocenters. The molecule has 6 rings (SSSR count). The van der Waals surface area contributed by atoms with Gasteiger partial charge in [0.25, 0.3) is 0 Å². The van der Waals surface area contributed by atoms with Crippen molar-refractivity contribution in [3.63, 3.8) is 0 Å². The number of nitrogens with one attached hydrogen (secondary N) is 1. The highest BCUT2D eigenvalue weighted by atomic mass is 16.1. The van der Waals surface area contributed by atoms with Gasteiger partial charge in [-0.15, -0.1) is 0 Å². The molecule has 1 fully saturated rings. The summed E-state index contributed by atoms with van der Waals surface area (Å²) in [6, 6.07) is 11.8. The molecule has 1 saturated carbocycles. The number of fused-ring (bicyclic) bond motifs is 1. The van der Waals surface area contributed by atoms with Crippen molar-refractivity contribution in [2.75, 3.05) is 0 Å². The van der Waals surface area contributed by atoms with Crippen LogP contribution in [-0.4, -0.2) is 29.1 Å². The summed E-state index contributed by atoms with van der Waals surface area (Å²) >= 11 is 0. The number of aromatic nitrogens is 6. The lowest BCUT2D eigenvalue weighted by Gasteiger charge is -2.12. The molecule has 1 aliphatic rings. The van der Waals surface area contributed by atoms with Gasteiger partial charge in [0.1, 0.15) is 5.69 Å². The van der Waals surface area contributed by atoms with E-state index in [4.69, 9.17) is 4.98 Å². The summed E-state index contributed by atoms with van der Waals surface area (Å²) in [5.74, 6) is 1.38. The minimum absolute atomic E-state index is 0.0509. The number of hydrogen-bond donors (Lipinski definition) is 1. The number of H-pyrrole nitrogens is 1. The third kappa shape index (κ3) is 3.46. The zero-order chi connectivity index (χ0) is 22.5. The molecular formula is C26H24N6O. The van der Waals surface area contributed by atoms with E-state index in [-0.39, 0.29) is 11.5 Å². The van der Waals surface area contributed by atoms with Crippen LogP contribution < -0.4 is 5.43 Å². The van der Waals surface area contributed by atoms with E-state index in [1.165, 1.54) is 12.8 Å². The van der Waals surface area contributed by atoms with Gasteiger partial charge < -0.3 is 14.1 Å². The molecule has 1 aliphatic carbocycles. The second kappa shape index (κ2) is 7.55. The highest BCUT2D eigenvalue weighted by Crippen LogP contribution is 2.39. The van der Waals surface area contributed by atoms with E-state index in [1.807, 2.05) is 53.5 Å². The van der Waals surface area contributed by atoms with Crippen molar-refractivity contribution in [2.24, 2.45) is 0 Å². The summed E-state index contributed by atoms with van der Waals surface area (Å²) in [5.41, 5.74) is 4.69. The average Bonchev–Trinajstić information content (AvgIpc) is 3.34. The van der Waals surface area contributed by atoms with Crippen LogP contribution in [0.2, 0.25) is 0 Å². The minimum Gasteiger partial charge on any atom is -0.360 e. The van der Waals surface area contributed by atoms with Crippen LogP contribution in [0.1, 0.15) is 44.3 Å². The molecule has 0 spiro atoms. The van der Waals surface area contributed by atoms with Gasteiger partial charge in [-0.05, 0) is 57.0 Å². The normalized spacial score (nSPS) is 13.8. The fraction of sp³-hybridized carbons (Fsp3) is 0.231. The van der Waals surface area contributed by atoms with Crippen LogP contribution in [0, 0.1) is 0 Å². The Morgan fingerprint density at radius 1 is 1.09 bits per heavy atom. The van der Waals surface area contributed by atoms with Gasteiger partial charge in [0.15, 0.2) is 11.3 Å². The smallest absolute Gasteiger partial charge is 0.198 e. The van der Waals surface area contributed by atoms with Crippen LogP contribution in [0.25, 0.3) is 39.4 Å². The van der Waals surface area contributed by atoms with Crippen LogP contribution in [-0.2, 0) is 0 Å². The molecule has 7 nitrogen and oxygen atoms in total. The quantitative estimate of drug-likeness (QED) is 0.416. The summed E-state index contributed by atoms with van der Waals surface area (Å²) < 4.78 is 4.06. The number of hydrogen-bond acceptors (Lipinski definition) is 4. The number of aromatic amines is 1. The Hall–Kier alpha value is -4.00. The van der Waals surface area contributed by atoms with E-state index in [0.29, 0.717) is 22.6 Å². The van der Waals surface area contributed by atoms with E-state index in [2.05, 4.69) is 39.6 Å². The molecule has 4 aromatic heterocycles. The molecule has 0 atom stereocenters. The highest BCUT2D eigenvalue weighted by Gasteiger charge is 2.25. The Morgan fingerprint density at radius 2 is 1.94 bits per heavy atom. The first-order valence-electron chi connectivity index (χ1n) is 11.3. The molecule has 164 valence electrons. The molecule has 1 N–H and O–H groups in total. The van der Waals surface area contributed by atoms with Crippen LogP contribution in [0.4, 0.5) is 0 Å². The van der Waals surface area contributed by atoms with Gasteiger partial charge in [-0.1, -0.05) is 6.07 Å². The number of pyridine rings is 2. The van der Waals surface area contributed by atoms with Crippen molar-refractivity contribution in [3.8, 4) is 28.5 Å². The zero-order valence-corrected chi connectivity index (χ0v) is 18.6. The Labute approximate surface area is 190 Å². The fourth-order valence-electron chi connectivity index (χ4n) is 4.26. The monoisotopic (exact) mass is 436 g/mol. The van der Waals surface area contributed by atoms with Crippen molar-refractivity contribution >= 4 is 10.9 Å². The van der Waals surface area contributed by atoms with Crippen molar-refractivity contribution in [1.29, 1.82) is 0 Å². The van der Waals surface area contributed by atoms with Crippen molar-refractivity contribution < 1.29 is 0 Å². The largest absolute Gasteiger partial charge is 0.360 e. The lowest BCUT2D eigenvalue weighted by molar-refractivity contribution is 0.605. The fourth-order valence-corrected chi connectivity index (χ4v) is 4.26. The van der Waals surface area contributed by atoms with E-state index in [1.54, 1.807) is 12.4 Å². The van der Waals surface area contributed by atoms with Crippen molar-refractivity contribution in [3.05, 3.63) is 83.4 Å². The van der Waals surface area contributed by atoms with Crippen LogP contribution in [0.15, 0.2) is 72.3 Å². The minimum atomic E-state index is -0.0509. The molecule has 0 radical (unpaired) electrons. The first kappa shape index (κ1) is 19.7. The summed E-state index contributed by atoms with van der Waals surface area (Å²) in [7, 11) is 0. The molecule has 5 aromatic rings. The molecule has 7 heteroatoms. The van der Waals surface area contributed by atoms with Crippen LogP contribution in [0.5, 0.6) is 0 Å².